The Balaban J connectivity index is 1.78. The Labute approximate surface area is 119 Å². The van der Waals surface area contributed by atoms with E-state index >= 15 is 0 Å². The SMILES string of the molecule is CC1CCCC(CNC2CC2)(OCCCC(F)(F)F)C1. The highest BCUT2D eigenvalue weighted by Crippen LogP contribution is 2.36. The summed E-state index contributed by atoms with van der Waals surface area (Å²) in [7, 11) is 0. The molecule has 0 aromatic rings. The van der Waals surface area contributed by atoms with E-state index in [2.05, 4.69) is 12.2 Å². The lowest BCUT2D eigenvalue weighted by atomic mass is 9.78. The normalized spacial score (nSPS) is 31.5. The topological polar surface area (TPSA) is 21.3 Å². The molecule has 118 valence electrons. The minimum Gasteiger partial charge on any atom is -0.374 e. The Kier molecular flexibility index (Phi) is 5.35. The Bertz CT molecular complexity index is 304. The summed E-state index contributed by atoms with van der Waals surface area (Å²) in [5, 5.41) is 3.50. The lowest BCUT2D eigenvalue weighted by Gasteiger charge is -2.40. The van der Waals surface area contributed by atoms with Crippen LogP contribution in [0, 0.1) is 5.92 Å². The Morgan fingerprint density at radius 2 is 2.00 bits per heavy atom. The largest absolute Gasteiger partial charge is 0.389 e. The third-order valence-electron chi connectivity index (χ3n) is 4.35. The quantitative estimate of drug-likeness (QED) is 0.715. The maximum atomic E-state index is 12.2. The van der Waals surface area contributed by atoms with Crippen molar-refractivity contribution in [2.45, 2.75) is 76.1 Å². The molecule has 2 saturated carbocycles. The molecule has 0 spiro atoms. The summed E-state index contributed by atoms with van der Waals surface area (Å²) in [6.07, 6.45) is 1.98. The average molecular weight is 293 g/mol. The molecule has 0 aromatic heterocycles. The predicted molar refractivity (Wildman–Crippen MR) is 72.6 cm³/mol. The summed E-state index contributed by atoms with van der Waals surface area (Å²) < 4.78 is 42.5. The molecule has 2 unspecified atom stereocenters. The lowest BCUT2D eigenvalue weighted by molar-refractivity contribution is -0.144. The number of rotatable bonds is 7. The first-order chi connectivity index (χ1) is 9.39. The summed E-state index contributed by atoms with van der Waals surface area (Å²) in [6.45, 7) is 3.23. The highest BCUT2D eigenvalue weighted by atomic mass is 19.4. The summed E-state index contributed by atoms with van der Waals surface area (Å²) in [4.78, 5) is 0. The zero-order chi connectivity index (χ0) is 14.6. The van der Waals surface area contributed by atoms with Crippen molar-refractivity contribution in [1.82, 2.24) is 5.32 Å². The van der Waals surface area contributed by atoms with Crippen molar-refractivity contribution in [3.05, 3.63) is 0 Å². The number of ether oxygens (including phenoxy) is 1. The van der Waals surface area contributed by atoms with E-state index < -0.39 is 12.6 Å². The van der Waals surface area contributed by atoms with Crippen molar-refractivity contribution < 1.29 is 17.9 Å². The molecule has 1 N–H and O–H groups in total. The van der Waals surface area contributed by atoms with E-state index in [0.29, 0.717) is 12.0 Å². The smallest absolute Gasteiger partial charge is 0.374 e. The molecule has 2 aliphatic rings. The van der Waals surface area contributed by atoms with Crippen LogP contribution in [0.15, 0.2) is 0 Å². The van der Waals surface area contributed by atoms with E-state index in [0.717, 1.165) is 25.8 Å². The van der Waals surface area contributed by atoms with Gasteiger partial charge in [-0.2, -0.15) is 13.2 Å². The monoisotopic (exact) mass is 293 g/mol. The standard InChI is InChI=1S/C15H26F3NO/c1-12-4-2-7-14(10-12,11-19-13-5-6-13)20-9-3-8-15(16,17)18/h12-13,19H,2-11H2,1H3. The van der Waals surface area contributed by atoms with Gasteiger partial charge in [0.2, 0.25) is 0 Å². The predicted octanol–water partition coefficient (Wildman–Crippen LogP) is 4.05. The number of hydrogen-bond acceptors (Lipinski definition) is 2. The van der Waals surface area contributed by atoms with E-state index in [-0.39, 0.29) is 18.6 Å². The number of hydrogen-bond donors (Lipinski definition) is 1. The number of alkyl halides is 3. The molecule has 0 aromatic carbocycles. The second-order valence-electron chi connectivity index (χ2n) is 6.61. The van der Waals surface area contributed by atoms with Crippen LogP contribution in [0.1, 0.15) is 58.3 Å². The van der Waals surface area contributed by atoms with Crippen LogP contribution in [0.5, 0.6) is 0 Å². The summed E-state index contributed by atoms with van der Waals surface area (Å²) >= 11 is 0. The maximum Gasteiger partial charge on any atom is 0.389 e. The van der Waals surface area contributed by atoms with Crippen molar-refractivity contribution in [2.24, 2.45) is 5.92 Å². The van der Waals surface area contributed by atoms with Crippen LogP contribution in [-0.4, -0.2) is 31.0 Å². The van der Waals surface area contributed by atoms with Crippen LogP contribution in [0.4, 0.5) is 13.2 Å². The Morgan fingerprint density at radius 3 is 2.60 bits per heavy atom. The van der Waals surface area contributed by atoms with Crippen molar-refractivity contribution >= 4 is 0 Å². The molecule has 0 radical (unpaired) electrons. The molecule has 0 heterocycles. The van der Waals surface area contributed by atoms with E-state index in [4.69, 9.17) is 4.74 Å². The molecule has 0 amide bonds. The highest BCUT2D eigenvalue weighted by Gasteiger charge is 2.37. The van der Waals surface area contributed by atoms with Gasteiger partial charge in [-0.1, -0.05) is 19.8 Å². The molecular weight excluding hydrogens is 267 g/mol. The van der Waals surface area contributed by atoms with Crippen LogP contribution >= 0.6 is 0 Å². The van der Waals surface area contributed by atoms with Crippen LogP contribution in [0.25, 0.3) is 0 Å². The van der Waals surface area contributed by atoms with Crippen molar-refractivity contribution in [3.8, 4) is 0 Å². The molecule has 2 nitrogen and oxygen atoms in total. The zero-order valence-electron chi connectivity index (χ0n) is 12.3. The second-order valence-corrected chi connectivity index (χ2v) is 6.61. The highest BCUT2D eigenvalue weighted by molar-refractivity contribution is 4.92. The van der Waals surface area contributed by atoms with Gasteiger partial charge in [0.15, 0.2) is 0 Å². The lowest BCUT2D eigenvalue weighted by Crippen LogP contribution is -2.47. The molecule has 2 atom stereocenters. The van der Waals surface area contributed by atoms with Crippen LogP contribution in [0.3, 0.4) is 0 Å². The fourth-order valence-electron chi connectivity index (χ4n) is 3.13. The fourth-order valence-corrected chi connectivity index (χ4v) is 3.13. The molecular formula is C15H26F3NO. The van der Waals surface area contributed by atoms with Crippen molar-refractivity contribution in [1.29, 1.82) is 0 Å². The fraction of sp³-hybridized carbons (Fsp3) is 1.00. The number of halogens is 3. The summed E-state index contributed by atoms with van der Waals surface area (Å²) in [5.74, 6) is 0.604. The molecule has 2 fully saturated rings. The van der Waals surface area contributed by atoms with Crippen LogP contribution in [0.2, 0.25) is 0 Å². The van der Waals surface area contributed by atoms with Crippen molar-refractivity contribution in [2.75, 3.05) is 13.2 Å². The van der Waals surface area contributed by atoms with Gasteiger partial charge in [0.25, 0.3) is 0 Å². The third kappa shape index (κ3) is 5.60. The van der Waals surface area contributed by atoms with Gasteiger partial charge < -0.3 is 10.1 Å². The minimum atomic E-state index is -4.07. The zero-order valence-corrected chi connectivity index (χ0v) is 12.3. The van der Waals surface area contributed by atoms with Gasteiger partial charge in [-0.25, -0.2) is 0 Å². The third-order valence-corrected chi connectivity index (χ3v) is 4.35. The first kappa shape index (κ1) is 16.1. The Morgan fingerprint density at radius 1 is 1.25 bits per heavy atom. The van der Waals surface area contributed by atoms with Gasteiger partial charge in [0.1, 0.15) is 0 Å². The molecule has 0 saturated heterocycles. The van der Waals surface area contributed by atoms with Crippen LogP contribution in [-0.2, 0) is 4.74 Å². The van der Waals surface area contributed by atoms with Gasteiger partial charge >= 0.3 is 6.18 Å². The van der Waals surface area contributed by atoms with E-state index in [1.165, 1.54) is 19.3 Å². The van der Waals surface area contributed by atoms with Gasteiger partial charge in [-0.05, 0) is 38.0 Å². The molecule has 5 heteroatoms. The molecule has 20 heavy (non-hydrogen) atoms. The Hall–Kier alpha value is -0.290. The summed E-state index contributed by atoms with van der Waals surface area (Å²) in [5.41, 5.74) is -0.230. The van der Waals surface area contributed by atoms with Crippen molar-refractivity contribution in [3.63, 3.8) is 0 Å². The van der Waals surface area contributed by atoms with E-state index in [9.17, 15) is 13.2 Å². The minimum absolute atomic E-state index is 0.0725. The average Bonchev–Trinajstić information content (AvgIpc) is 3.15. The first-order valence-corrected chi connectivity index (χ1v) is 7.83. The number of nitrogens with one attached hydrogen (secondary N) is 1. The van der Waals surface area contributed by atoms with E-state index in [1.54, 1.807) is 0 Å². The molecule has 2 rings (SSSR count). The van der Waals surface area contributed by atoms with Gasteiger partial charge in [0, 0.05) is 25.6 Å². The van der Waals surface area contributed by atoms with Crippen LogP contribution < -0.4 is 5.32 Å². The van der Waals surface area contributed by atoms with Gasteiger partial charge in [-0.3, -0.25) is 0 Å². The van der Waals surface area contributed by atoms with E-state index in [1.807, 2.05) is 0 Å². The van der Waals surface area contributed by atoms with Gasteiger partial charge in [0.05, 0.1) is 5.60 Å². The molecule has 2 aliphatic carbocycles. The molecule has 0 bridgehead atoms. The first-order valence-electron chi connectivity index (χ1n) is 7.83. The van der Waals surface area contributed by atoms with Gasteiger partial charge in [-0.15, -0.1) is 0 Å². The second kappa shape index (κ2) is 6.65. The molecule has 0 aliphatic heterocycles. The summed E-state index contributed by atoms with van der Waals surface area (Å²) in [6, 6.07) is 0.614. The maximum absolute atomic E-state index is 12.2.